The molecule has 0 aliphatic heterocycles. The van der Waals surface area contributed by atoms with E-state index in [0.29, 0.717) is 12.5 Å². The molecular formula is C9H18O2. The fourth-order valence-electron chi connectivity index (χ4n) is 1.45. The molecule has 0 aromatic rings. The Morgan fingerprint density at radius 3 is 2.45 bits per heavy atom. The van der Waals surface area contributed by atoms with E-state index in [9.17, 15) is 5.11 Å². The van der Waals surface area contributed by atoms with E-state index in [1.54, 1.807) is 6.92 Å². The van der Waals surface area contributed by atoms with Gasteiger partial charge in [0.15, 0.2) is 5.79 Å². The summed E-state index contributed by atoms with van der Waals surface area (Å²) in [7, 11) is 0. The molecule has 2 nitrogen and oxygen atoms in total. The van der Waals surface area contributed by atoms with Crippen molar-refractivity contribution in [2.45, 2.75) is 57.8 Å². The van der Waals surface area contributed by atoms with Crippen molar-refractivity contribution >= 4 is 0 Å². The molecule has 0 bridgehead atoms. The van der Waals surface area contributed by atoms with Crippen molar-refractivity contribution in [3.05, 3.63) is 0 Å². The van der Waals surface area contributed by atoms with Crippen molar-refractivity contribution in [1.82, 2.24) is 0 Å². The van der Waals surface area contributed by atoms with E-state index < -0.39 is 5.79 Å². The molecule has 66 valence electrons. The van der Waals surface area contributed by atoms with Crippen molar-refractivity contribution in [1.29, 1.82) is 0 Å². The molecule has 1 aliphatic rings. The van der Waals surface area contributed by atoms with Crippen LogP contribution in [0.3, 0.4) is 0 Å². The maximum absolute atomic E-state index is 9.56. The highest BCUT2D eigenvalue weighted by atomic mass is 16.6. The van der Waals surface area contributed by atoms with Crippen LogP contribution < -0.4 is 0 Å². The molecule has 1 rings (SSSR count). The van der Waals surface area contributed by atoms with Gasteiger partial charge in [-0.2, -0.15) is 0 Å². The lowest BCUT2D eigenvalue weighted by molar-refractivity contribution is -0.217. The Hall–Kier alpha value is -0.0800. The summed E-state index contributed by atoms with van der Waals surface area (Å²) in [5.41, 5.74) is 0. The average Bonchev–Trinajstić information content (AvgIpc) is 2.39. The molecule has 0 saturated heterocycles. The second-order valence-electron chi connectivity index (χ2n) is 3.55. The second kappa shape index (κ2) is 3.55. The van der Waals surface area contributed by atoms with Gasteiger partial charge >= 0.3 is 0 Å². The van der Waals surface area contributed by atoms with Gasteiger partial charge in [0.1, 0.15) is 0 Å². The van der Waals surface area contributed by atoms with E-state index >= 15 is 0 Å². The molecule has 0 heterocycles. The van der Waals surface area contributed by atoms with Crippen LogP contribution in [-0.2, 0) is 4.74 Å². The van der Waals surface area contributed by atoms with Crippen molar-refractivity contribution < 1.29 is 9.84 Å². The predicted molar refractivity (Wildman–Crippen MR) is 44.3 cm³/mol. The molecule has 1 atom stereocenters. The minimum atomic E-state index is -0.894. The Morgan fingerprint density at radius 1 is 1.45 bits per heavy atom. The van der Waals surface area contributed by atoms with Crippen LogP contribution in [0.5, 0.6) is 0 Å². The second-order valence-corrected chi connectivity index (χ2v) is 3.55. The molecular weight excluding hydrogens is 140 g/mol. The zero-order chi connectivity index (χ0) is 8.32. The van der Waals surface area contributed by atoms with E-state index in [2.05, 4.69) is 0 Å². The Kier molecular flexibility index (Phi) is 2.90. The summed E-state index contributed by atoms with van der Waals surface area (Å²) in [5, 5.41) is 9.56. The van der Waals surface area contributed by atoms with Crippen molar-refractivity contribution in [2.75, 3.05) is 0 Å². The standard InChI is InChI=1S/C9H18O2/c1-3-9(2,10)11-8-6-4-5-7-8/h8,10H,3-7H2,1-2H3. The molecule has 1 aliphatic carbocycles. The van der Waals surface area contributed by atoms with Crippen molar-refractivity contribution in [3.8, 4) is 0 Å². The number of ether oxygens (including phenoxy) is 1. The monoisotopic (exact) mass is 158 g/mol. The lowest BCUT2D eigenvalue weighted by atomic mass is 10.2. The molecule has 0 aromatic carbocycles. The van der Waals surface area contributed by atoms with Gasteiger partial charge in [0.25, 0.3) is 0 Å². The van der Waals surface area contributed by atoms with E-state index in [1.807, 2.05) is 6.92 Å². The molecule has 0 spiro atoms. The van der Waals surface area contributed by atoms with Gasteiger partial charge in [-0.1, -0.05) is 19.8 Å². The quantitative estimate of drug-likeness (QED) is 0.637. The summed E-state index contributed by atoms with van der Waals surface area (Å²) in [4.78, 5) is 0. The average molecular weight is 158 g/mol. The van der Waals surface area contributed by atoms with Gasteiger partial charge in [-0.15, -0.1) is 0 Å². The molecule has 1 unspecified atom stereocenters. The third-order valence-electron chi connectivity index (χ3n) is 2.38. The van der Waals surface area contributed by atoms with Gasteiger partial charge in [0.2, 0.25) is 0 Å². The van der Waals surface area contributed by atoms with Gasteiger partial charge in [-0.3, -0.25) is 0 Å². The first-order valence-corrected chi connectivity index (χ1v) is 4.54. The van der Waals surface area contributed by atoms with Crippen LogP contribution >= 0.6 is 0 Å². The van der Waals surface area contributed by atoms with E-state index in [4.69, 9.17) is 4.74 Å². The molecule has 1 saturated carbocycles. The fraction of sp³-hybridized carbons (Fsp3) is 1.00. The zero-order valence-corrected chi connectivity index (χ0v) is 7.47. The molecule has 1 N–H and O–H groups in total. The SMILES string of the molecule is CCC(C)(O)OC1CCCC1. The van der Waals surface area contributed by atoms with Crippen molar-refractivity contribution in [3.63, 3.8) is 0 Å². The molecule has 2 heteroatoms. The van der Waals surface area contributed by atoms with Gasteiger partial charge in [-0.05, 0) is 26.2 Å². The van der Waals surface area contributed by atoms with Gasteiger partial charge in [0, 0.05) is 0 Å². The van der Waals surface area contributed by atoms with E-state index in [-0.39, 0.29) is 0 Å². The summed E-state index contributed by atoms with van der Waals surface area (Å²) >= 11 is 0. The Bertz CT molecular complexity index is 115. The number of hydrogen-bond acceptors (Lipinski definition) is 2. The predicted octanol–water partition coefficient (Wildman–Crippen LogP) is 2.06. The first kappa shape index (κ1) is 9.01. The summed E-state index contributed by atoms with van der Waals surface area (Å²) < 4.78 is 5.50. The first-order chi connectivity index (χ1) is 5.14. The van der Waals surface area contributed by atoms with E-state index in [0.717, 1.165) is 12.8 Å². The topological polar surface area (TPSA) is 29.5 Å². The van der Waals surface area contributed by atoms with Crippen LogP contribution in [0.25, 0.3) is 0 Å². The summed E-state index contributed by atoms with van der Waals surface area (Å²) in [6.07, 6.45) is 5.73. The Balaban J connectivity index is 2.28. The molecule has 0 amide bonds. The summed E-state index contributed by atoms with van der Waals surface area (Å²) in [6, 6.07) is 0. The highest BCUT2D eigenvalue weighted by molar-refractivity contribution is 4.70. The van der Waals surface area contributed by atoms with Crippen LogP contribution in [-0.4, -0.2) is 17.0 Å². The zero-order valence-electron chi connectivity index (χ0n) is 7.47. The lowest BCUT2D eigenvalue weighted by Gasteiger charge is -2.26. The van der Waals surface area contributed by atoms with Gasteiger partial charge in [0.05, 0.1) is 6.10 Å². The Morgan fingerprint density at radius 2 is 2.00 bits per heavy atom. The highest BCUT2D eigenvalue weighted by Gasteiger charge is 2.25. The van der Waals surface area contributed by atoms with Crippen LogP contribution in [0.1, 0.15) is 46.0 Å². The molecule has 1 fully saturated rings. The lowest BCUT2D eigenvalue weighted by Crippen LogP contribution is -2.31. The molecule has 0 radical (unpaired) electrons. The maximum atomic E-state index is 9.56. The Labute approximate surface area is 68.6 Å². The van der Waals surface area contributed by atoms with Gasteiger partial charge in [-0.25, -0.2) is 0 Å². The van der Waals surface area contributed by atoms with Crippen molar-refractivity contribution in [2.24, 2.45) is 0 Å². The minimum Gasteiger partial charge on any atom is -0.366 e. The minimum absolute atomic E-state index is 0.310. The first-order valence-electron chi connectivity index (χ1n) is 4.54. The van der Waals surface area contributed by atoms with Crippen LogP contribution in [0.2, 0.25) is 0 Å². The van der Waals surface area contributed by atoms with Crippen LogP contribution in [0, 0.1) is 0 Å². The third kappa shape index (κ3) is 2.80. The normalized spacial score (nSPS) is 25.4. The summed E-state index contributed by atoms with van der Waals surface area (Å²) in [6.45, 7) is 3.68. The number of rotatable bonds is 3. The van der Waals surface area contributed by atoms with Crippen LogP contribution in [0.15, 0.2) is 0 Å². The largest absolute Gasteiger partial charge is 0.366 e. The number of hydrogen-bond donors (Lipinski definition) is 1. The molecule has 11 heavy (non-hydrogen) atoms. The summed E-state index contributed by atoms with van der Waals surface area (Å²) in [5.74, 6) is -0.894. The number of aliphatic hydroxyl groups is 1. The fourth-order valence-corrected chi connectivity index (χ4v) is 1.45. The maximum Gasteiger partial charge on any atom is 0.162 e. The van der Waals surface area contributed by atoms with Crippen LogP contribution in [0.4, 0.5) is 0 Å². The third-order valence-corrected chi connectivity index (χ3v) is 2.38. The highest BCUT2D eigenvalue weighted by Crippen LogP contribution is 2.25. The smallest absolute Gasteiger partial charge is 0.162 e. The van der Waals surface area contributed by atoms with Gasteiger partial charge < -0.3 is 9.84 Å². The van der Waals surface area contributed by atoms with E-state index in [1.165, 1.54) is 12.8 Å². The molecule has 0 aromatic heterocycles.